The molecule has 2 heterocycles. The second-order valence-electron chi connectivity index (χ2n) is 5.75. The molecule has 0 saturated carbocycles. The highest BCUT2D eigenvalue weighted by molar-refractivity contribution is 9.10. The molecule has 0 amide bonds. The second-order valence-corrected chi connectivity index (χ2v) is 8.20. The number of benzene rings is 1. The fourth-order valence-electron chi connectivity index (χ4n) is 2.45. The molecule has 0 unspecified atom stereocenters. The highest BCUT2D eigenvalue weighted by Crippen LogP contribution is 2.36. The summed E-state index contributed by atoms with van der Waals surface area (Å²) in [5.74, 6) is 1.29. The number of nitrogens with zero attached hydrogens (tertiary/aromatic N) is 2. The second kappa shape index (κ2) is 5.91. The molecule has 0 aliphatic carbocycles. The van der Waals surface area contributed by atoms with Crippen LogP contribution in [0.4, 0.5) is 0 Å². The van der Waals surface area contributed by atoms with Gasteiger partial charge in [0.05, 0.1) is 11.0 Å². The molecule has 2 N–H and O–H groups in total. The van der Waals surface area contributed by atoms with Gasteiger partial charge in [-0.15, -0.1) is 0 Å². The Morgan fingerprint density at radius 1 is 1.30 bits per heavy atom. The molecule has 2 aromatic heterocycles. The van der Waals surface area contributed by atoms with Crippen LogP contribution in [0.5, 0.6) is 0 Å². The number of hydrogen-bond acceptors (Lipinski definition) is 3. The lowest BCUT2D eigenvalue weighted by Crippen LogP contribution is -2.06. The van der Waals surface area contributed by atoms with Gasteiger partial charge in [0.15, 0.2) is 11.6 Å². The topological polar surface area (TPSA) is 88.5 Å². The molecule has 0 spiro atoms. The third-order valence-corrected chi connectivity index (χ3v) is 4.67. The predicted molar refractivity (Wildman–Crippen MR) is 91.7 cm³/mol. The fraction of sp³-hybridized carbons (Fsp3) is 0.267. The molecular weight excluding hydrogens is 383 g/mol. The molecular formula is C15H16BrN2O4P. The van der Waals surface area contributed by atoms with Gasteiger partial charge in [0.25, 0.3) is 0 Å². The lowest BCUT2D eigenvalue weighted by molar-refractivity contribution is 0.377. The molecule has 122 valence electrons. The van der Waals surface area contributed by atoms with Crippen molar-refractivity contribution in [3.63, 3.8) is 0 Å². The summed E-state index contributed by atoms with van der Waals surface area (Å²) < 4.78 is 19.6. The lowest BCUT2D eigenvalue weighted by Gasteiger charge is -2.10. The molecule has 3 rings (SSSR count). The van der Waals surface area contributed by atoms with Crippen molar-refractivity contribution in [3.05, 3.63) is 34.8 Å². The van der Waals surface area contributed by atoms with E-state index >= 15 is 0 Å². The highest BCUT2D eigenvalue weighted by atomic mass is 79.9. The Bertz CT molecular complexity index is 909. The average Bonchev–Trinajstić information content (AvgIpc) is 3.02. The maximum absolute atomic E-state index is 11.3. The van der Waals surface area contributed by atoms with Crippen molar-refractivity contribution >= 4 is 40.1 Å². The van der Waals surface area contributed by atoms with Gasteiger partial charge in [-0.2, -0.15) is 0 Å². The molecule has 0 aliphatic heterocycles. The van der Waals surface area contributed by atoms with E-state index in [2.05, 4.69) is 34.8 Å². The minimum Gasteiger partial charge on any atom is -0.445 e. The van der Waals surface area contributed by atoms with E-state index in [4.69, 9.17) is 4.42 Å². The molecule has 0 radical (unpaired) electrons. The number of hydrogen-bond donors (Lipinski definition) is 2. The molecule has 0 saturated heterocycles. The van der Waals surface area contributed by atoms with Crippen LogP contribution in [0.25, 0.3) is 22.6 Å². The van der Waals surface area contributed by atoms with Gasteiger partial charge in [0, 0.05) is 11.0 Å². The van der Waals surface area contributed by atoms with Crippen LogP contribution in [0.1, 0.15) is 13.8 Å². The molecule has 8 heteroatoms. The molecule has 0 atom stereocenters. The number of fused-ring (bicyclic) bond motifs is 1. The molecule has 0 aliphatic rings. The minimum absolute atomic E-state index is 0.344. The van der Waals surface area contributed by atoms with Gasteiger partial charge >= 0.3 is 7.60 Å². The van der Waals surface area contributed by atoms with Crippen molar-refractivity contribution in [2.75, 3.05) is 0 Å². The number of rotatable bonds is 4. The van der Waals surface area contributed by atoms with Crippen molar-refractivity contribution < 1.29 is 18.8 Å². The monoisotopic (exact) mass is 398 g/mol. The van der Waals surface area contributed by atoms with Gasteiger partial charge < -0.3 is 18.8 Å². The normalized spacial score (nSPS) is 12.4. The van der Waals surface area contributed by atoms with E-state index in [1.807, 2.05) is 22.8 Å². The molecule has 0 fully saturated rings. The molecule has 1 aromatic carbocycles. The van der Waals surface area contributed by atoms with Crippen molar-refractivity contribution in [1.29, 1.82) is 0 Å². The van der Waals surface area contributed by atoms with Crippen LogP contribution < -0.4 is 5.50 Å². The van der Waals surface area contributed by atoms with Crippen LogP contribution in [0.15, 0.2) is 39.2 Å². The number of aromatic nitrogens is 2. The van der Waals surface area contributed by atoms with Gasteiger partial charge in [-0.25, -0.2) is 4.98 Å². The smallest absolute Gasteiger partial charge is 0.391 e. The summed E-state index contributed by atoms with van der Waals surface area (Å²) in [6.07, 6.45) is 0. The quantitative estimate of drug-likeness (QED) is 0.656. The first kappa shape index (κ1) is 16.5. The van der Waals surface area contributed by atoms with Crippen molar-refractivity contribution in [2.24, 2.45) is 5.92 Å². The zero-order chi connectivity index (χ0) is 16.8. The number of imidazole rings is 1. The Labute approximate surface area is 141 Å². The number of halogens is 1. The van der Waals surface area contributed by atoms with Crippen LogP contribution in [0, 0.1) is 5.92 Å². The maximum atomic E-state index is 11.3. The first-order chi connectivity index (χ1) is 10.8. The third kappa shape index (κ3) is 3.28. The van der Waals surface area contributed by atoms with E-state index < -0.39 is 7.60 Å². The molecule has 6 nitrogen and oxygen atoms in total. The maximum Gasteiger partial charge on any atom is 0.391 e. The summed E-state index contributed by atoms with van der Waals surface area (Å²) >= 11 is 3.43. The SMILES string of the molecule is CC(C)Cn1c(-c2ccc(P(=O)(O)O)o2)nc2cc(Br)ccc21. The summed E-state index contributed by atoms with van der Waals surface area (Å²) in [5, 5.41) is 0. The van der Waals surface area contributed by atoms with E-state index in [1.165, 1.54) is 6.07 Å². The van der Waals surface area contributed by atoms with Crippen LogP contribution in [0.3, 0.4) is 0 Å². The van der Waals surface area contributed by atoms with Crippen LogP contribution in [-0.4, -0.2) is 19.3 Å². The Morgan fingerprint density at radius 2 is 2.04 bits per heavy atom. The highest BCUT2D eigenvalue weighted by Gasteiger charge is 2.24. The Balaban J connectivity index is 2.19. The van der Waals surface area contributed by atoms with Gasteiger partial charge in [-0.1, -0.05) is 29.8 Å². The van der Waals surface area contributed by atoms with Gasteiger partial charge in [0.2, 0.25) is 5.50 Å². The molecule has 0 bridgehead atoms. The van der Waals surface area contributed by atoms with Crippen molar-refractivity contribution in [3.8, 4) is 11.6 Å². The summed E-state index contributed by atoms with van der Waals surface area (Å²) in [7, 11) is -4.41. The first-order valence-corrected chi connectivity index (χ1v) is 9.48. The Kier molecular flexibility index (Phi) is 4.23. The minimum atomic E-state index is -4.41. The van der Waals surface area contributed by atoms with Gasteiger partial charge in [0.1, 0.15) is 0 Å². The summed E-state index contributed by atoms with van der Waals surface area (Å²) in [4.78, 5) is 23.0. The van der Waals surface area contributed by atoms with E-state index in [-0.39, 0.29) is 5.50 Å². The Hall–Kier alpha value is -1.40. The van der Waals surface area contributed by atoms with Gasteiger partial charge in [-0.05, 0) is 36.2 Å². The molecule has 3 aromatic rings. The van der Waals surface area contributed by atoms with E-state index in [9.17, 15) is 14.4 Å². The first-order valence-electron chi connectivity index (χ1n) is 7.08. The summed E-state index contributed by atoms with van der Waals surface area (Å²) in [5.41, 5.74) is 1.40. The lowest BCUT2D eigenvalue weighted by atomic mass is 10.2. The van der Waals surface area contributed by atoms with Crippen molar-refractivity contribution in [1.82, 2.24) is 9.55 Å². The standard InChI is InChI=1S/C15H16BrN2O4P/c1-9(2)8-18-12-4-3-10(16)7-11(12)17-15(18)13-5-6-14(22-13)23(19,20)21/h3-7,9H,8H2,1-2H3,(H2,19,20,21). The van der Waals surface area contributed by atoms with Gasteiger partial charge in [-0.3, -0.25) is 4.57 Å². The zero-order valence-electron chi connectivity index (χ0n) is 12.6. The largest absolute Gasteiger partial charge is 0.445 e. The average molecular weight is 399 g/mol. The summed E-state index contributed by atoms with van der Waals surface area (Å²) in [6, 6.07) is 8.65. The Morgan fingerprint density at radius 3 is 2.65 bits per heavy atom. The fourth-order valence-corrected chi connectivity index (χ4v) is 3.28. The van der Waals surface area contributed by atoms with Crippen LogP contribution >= 0.6 is 23.5 Å². The van der Waals surface area contributed by atoms with E-state index in [0.717, 1.165) is 22.1 Å². The van der Waals surface area contributed by atoms with E-state index in [0.29, 0.717) is 17.5 Å². The van der Waals surface area contributed by atoms with E-state index in [1.54, 1.807) is 6.07 Å². The molecule has 23 heavy (non-hydrogen) atoms. The number of furan rings is 1. The predicted octanol–water partition coefficient (Wildman–Crippen LogP) is 3.52. The summed E-state index contributed by atoms with van der Waals surface area (Å²) in [6.45, 7) is 4.91. The third-order valence-electron chi connectivity index (χ3n) is 3.36. The zero-order valence-corrected chi connectivity index (χ0v) is 15.1. The van der Waals surface area contributed by atoms with Crippen LogP contribution in [-0.2, 0) is 11.1 Å². The van der Waals surface area contributed by atoms with Crippen LogP contribution in [0.2, 0.25) is 0 Å². The van der Waals surface area contributed by atoms with Crippen molar-refractivity contribution in [2.45, 2.75) is 20.4 Å².